The molecule has 0 saturated heterocycles. The van der Waals surface area contributed by atoms with Gasteiger partial charge in [0.05, 0.1) is 33.3 Å². The van der Waals surface area contributed by atoms with Crippen LogP contribution < -0.4 is 4.90 Å². The summed E-state index contributed by atoms with van der Waals surface area (Å²) in [4.78, 5) is 44.8. The van der Waals surface area contributed by atoms with Crippen molar-refractivity contribution in [2.45, 2.75) is 6.42 Å². The Hall–Kier alpha value is -2.97. The van der Waals surface area contributed by atoms with E-state index in [1.165, 1.54) is 33.3 Å². The second-order valence-electron chi connectivity index (χ2n) is 4.64. The number of ether oxygens (including phenoxy) is 4. The van der Waals surface area contributed by atoms with Crippen LogP contribution in [0.1, 0.15) is 20.8 Å². The predicted molar refractivity (Wildman–Crippen MR) is 94.5 cm³/mol. The van der Waals surface area contributed by atoms with Gasteiger partial charge in [-0.05, 0) is 0 Å². The Bertz CT molecular complexity index is 710. The fourth-order valence-electron chi connectivity index (χ4n) is 1.98. The van der Waals surface area contributed by atoms with E-state index in [9.17, 15) is 19.6 Å². The molecular weight excluding hydrogens is 380 g/mol. The lowest BCUT2D eigenvalue weighted by Gasteiger charge is -2.21. The standard InChI is InChI=1S/C15H18N2O7S.CH2O/c1-21-8-17(7-12(19)23-3)14-10(6-16)9(5-11(18)22-2)13(25-14)15(20)24-4;1-2/h5,7-8H2,1-4H3;1H2. The van der Waals surface area contributed by atoms with Crippen LogP contribution in [0, 0.1) is 11.3 Å². The molecule has 27 heavy (non-hydrogen) atoms. The molecule has 0 radical (unpaired) electrons. The zero-order valence-electron chi connectivity index (χ0n) is 15.4. The van der Waals surface area contributed by atoms with Crippen LogP contribution in [0.15, 0.2) is 0 Å². The number of esters is 3. The number of rotatable bonds is 8. The van der Waals surface area contributed by atoms with E-state index >= 15 is 0 Å². The lowest BCUT2D eigenvalue weighted by Crippen LogP contribution is -2.32. The van der Waals surface area contributed by atoms with Crippen molar-refractivity contribution in [1.29, 1.82) is 5.26 Å². The molecule has 0 aliphatic carbocycles. The van der Waals surface area contributed by atoms with E-state index in [-0.39, 0.29) is 35.7 Å². The Kier molecular flexibility index (Phi) is 11.0. The van der Waals surface area contributed by atoms with Crippen LogP contribution in [-0.2, 0) is 39.8 Å². The van der Waals surface area contributed by atoms with Crippen molar-refractivity contribution in [3.8, 4) is 6.07 Å². The van der Waals surface area contributed by atoms with E-state index < -0.39 is 17.9 Å². The Balaban J connectivity index is 0.00000326. The number of thiophene rings is 1. The molecule has 1 heterocycles. The Labute approximate surface area is 160 Å². The van der Waals surface area contributed by atoms with Gasteiger partial charge in [-0.2, -0.15) is 5.26 Å². The summed E-state index contributed by atoms with van der Waals surface area (Å²) in [7, 11) is 5.04. The van der Waals surface area contributed by atoms with Crippen LogP contribution >= 0.6 is 11.3 Å². The van der Waals surface area contributed by atoms with Crippen LogP contribution in [0.25, 0.3) is 0 Å². The molecule has 0 N–H and O–H groups in total. The van der Waals surface area contributed by atoms with Gasteiger partial charge in [0.2, 0.25) is 0 Å². The molecular formula is C16H20N2O8S. The number of nitriles is 1. The van der Waals surface area contributed by atoms with Gasteiger partial charge in [-0.1, -0.05) is 0 Å². The van der Waals surface area contributed by atoms with E-state index in [1.54, 1.807) is 0 Å². The van der Waals surface area contributed by atoms with Gasteiger partial charge in [-0.25, -0.2) is 4.79 Å². The van der Waals surface area contributed by atoms with Crippen LogP contribution in [0.2, 0.25) is 0 Å². The number of hydrogen-bond donors (Lipinski definition) is 0. The topological polar surface area (TPSA) is 132 Å². The highest BCUT2D eigenvalue weighted by atomic mass is 32.1. The summed E-state index contributed by atoms with van der Waals surface area (Å²) in [6.45, 7) is 1.78. The first-order valence-corrected chi connectivity index (χ1v) is 8.05. The molecule has 0 fully saturated rings. The molecule has 0 aromatic carbocycles. The smallest absolute Gasteiger partial charge is 0.348 e. The van der Waals surface area contributed by atoms with Gasteiger partial charge in [-0.15, -0.1) is 11.3 Å². The van der Waals surface area contributed by atoms with Gasteiger partial charge in [0.15, 0.2) is 0 Å². The highest BCUT2D eigenvalue weighted by molar-refractivity contribution is 7.18. The third-order valence-electron chi connectivity index (χ3n) is 3.14. The summed E-state index contributed by atoms with van der Waals surface area (Å²) < 4.78 is 19.0. The Morgan fingerprint density at radius 3 is 2.11 bits per heavy atom. The van der Waals surface area contributed by atoms with Crippen LogP contribution in [-0.4, -0.2) is 66.4 Å². The molecule has 10 nitrogen and oxygen atoms in total. The molecule has 0 spiro atoms. The molecule has 0 unspecified atom stereocenters. The van der Waals surface area contributed by atoms with E-state index in [0.717, 1.165) is 11.3 Å². The molecule has 0 aliphatic heterocycles. The van der Waals surface area contributed by atoms with Gasteiger partial charge in [0.1, 0.15) is 36.0 Å². The lowest BCUT2D eigenvalue weighted by molar-refractivity contribution is -0.140. The number of carbonyl (C=O) groups excluding carboxylic acids is 4. The van der Waals surface area contributed by atoms with Crippen molar-refractivity contribution in [2.24, 2.45) is 0 Å². The van der Waals surface area contributed by atoms with Gasteiger partial charge >= 0.3 is 17.9 Å². The Morgan fingerprint density at radius 2 is 1.67 bits per heavy atom. The average Bonchev–Trinajstić information content (AvgIpc) is 3.06. The number of anilines is 1. The largest absolute Gasteiger partial charge is 0.469 e. The maximum atomic E-state index is 12.0. The van der Waals surface area contributed by atoms with Crippen LogP contribution in [0.5, 0.6) is 0 Å². The number of carbonyl (C=O) groups is 4. The SMILES string of the molecule is C=O.COCN(CC(=O)OC)c1sc(C(=O)OC)c(CC(=O)OC)c1C#N. The van der Waals surface area contributed by atoms with Gasteiger partial charge < -0.3 is 28.6 Å². The number of nitrogens with zero attached hydrogens (tertiary/aromatic N) is 2. The van der Waals surface area contributed by atoms with Gasteiger partial charge in [0, 0.05) is 12.7 Å². The predicted octanol–water partition coefficient (Wildman–Crippen LogP) is 0.520. The van der Waals surface area contributed by atoms with Crippen LogP contribution in [0.3, 0.4) is 0 Å². The van der Waals surface area contributed by atoms with Crippen molar-refractivity contribution < 1.29 is 38.1 Å². The Morgan fingerprint density at radius 1 is 1.07 bits per heavy atom. The average molecular weight is 400 g/mol. The first-order chi connectivity index (χ1) is 12.9. The third kappa shape index (κ3) is 6.36. The number of methoxy groups -OCH3 is 4. The minimum Gasteiger partial charge on any atom is -0.469 e. The molecule has 0 bridgehead atoms. The second kappa shape index (κ2) is 12.4. The summed E-state index contributed by atoms with van der Waals surface area (Å²) in [6, 6.07) is 1.97. The summed E-state index contributed by atoms with van der Waals surface area (Å²) >= 11 is 0.930. The molecule has 148 valence electrons. The number of hydrogen-bond acceptors (Lipinski definition) is 11. The molecule has 11 heteroatoms. The van der Waals surface area contributed by atoms with E-state index in [2.05, 4.69) is 9.47 Å². The summed E-state index contributed by atoms with van der Waals surface area (Å²) in [6.07, 6.45) is -0.278. The molecule has 0 amide bonds. The van der Waals surface area contributed by atoms with Crippen molar-refractivity contribution in [1.82, 2.24) is 0 Å². The normalized spacial score (nSPS) is 9.30. The first-order valence-electron chi connectivity index (χ1n) is 7.23. The highest BCUT2D eigenvalue weighted by Crippen LogP contribution is 2.37. The highest BCUT2D eigenvalue weighted by Gasteiger charge is 2.29. The van der Waals surface area contributed by atoms with E-state index in [1.807, 2.05) is 12.9 Å². The van der Waals surface area contributed by atoms with E-state index in [4.69, 9.17) is 14.3 Å². The van der Waals surface area contributed by atoms with Crippen molar-refractivity contribution in [3.63, 3.8) is 0 Å². The molecule has 0 saturated carbocycles. The monoisotopic (exact) mass is 400 g/mol. The minimum absolute atomic E-state index is 0.0252. The fourth-order valence-corrected chi connectivity index (χ4v) is 3.16. The van der Waals surface area contributed by atoms with Gasteiger partial charge in [0.25, 0.3) is 0 Å². The summed E-state index contributed by atoms with van der Waals surface area (Å²) in [5.74, 6) is -1.86. The quantitative estimate of drug-likeness (QED) is 0.345. The maximum absolute atomic E-state index is 12.0. The van der Waals surface area contributed by atoms with Crippen molar-refractivity contribution in [2.75, 3.05) is 46.6 Å². The third-order valence-corrected chi connectivity index (χ3v) is 4.41. The van der Waals surface area contributed by atoms with Crippen molar-refractivity contribution in [3.05, 3.63) is 16.0 Å². The second-order valence-corrected chi connectivity index (χ2v) is 5.64. The molecule has 0 aliphatic rings. The first kappa shape index (κ1) is 24.0. The molecule has 1 aromatic heterocycles. The minimum atomic E-state index is -0.693. The maximum Gasteiger partial charge on any atom is 0.348 e. The van der Waals surface area contributed by atoms with Gasteiger partial charge in [-0.3, -0.25) is 9.59 Å². The molecule has 1 aromatic rings. The van der Waals surface area contributed by atoms with Crippen molar-refractivity contribution >= 4 is 41.0 Å². The molecule has 1 rings (SSSR count). The summed E-state index contributed by atoms with van der Waals surface area (Å²) in [5, 5.41) is 9.83. The summed E-state index contributed by atoms with van der Waals surface area (Å²) in [5.41, 5.74) is 0.268. The molecule has 0 atom stereocenters. The lowest BCUT2D eigenvalue weighted by atomic mass is 10.1. The zero-order chi connectivity index (χ0) is 21.0. The zero-order valence-corrected chi connectivity index (χ0v) is 16.2. The van der Waals surface area contributed by atoms with E-state index in [0.29, 0.717) is 5.00 Å². The fraction of sp³-hybridized carbons (Fsp3) is 0.438. The van der Waals surface area contributed by atoms with Crippen LogP contribution in [0.4, 0.5) is 5.00 Å².